The number of benzene rings is 2. The van der Waals surface area contributed by atoms with Crippen molar-refractivity contribution in [3.05, 3.63) is 54.4 Å². The molecule has 7 rings (SSSR count). The van der Waals surface area contributed by atoms with Crippen molar-refractivity contribution in [1.82, 2.24) is 20.2 Å². The average molecular weight is 531 g/mol. The molecule has 8 nitrogen and oxygen atoms in total. The molecule has 3 unspecified atom stereocenters. The standard InChI is InChI=1S/C28H27FN6O2S/c1-3-28(23-11-8-16(2)31-23)20-12-13-35(15-21(20)28)24-14-30-26-25(33-34-27(26)32-24)19-9-10-22(38(29,36)37)18-7-5-4-6-17(18)19/h4-10,14,20-21H,3,11-13,15H2,1-2H3,(H,32,33,34). The normalized spacial score (nSPS) is 25.0. The van der Waals surface area contributed by atoms with E-state index in [4.69, 9.17) is 15.0 Å². The van der Waals surface area contributed by atoms with Crippen LogP contribution >= 0.6 is 0 Å². The van der Waals surface area contributed by atoms with E-state index in [9.17, 15) is 12.3 Å². The number of halogens is 1. The number of hydrogen-bond acceptors (Lipinski definition) is 7. The molecule has 0 radical (unpaired) electrons. The molecule has 0 amide bonds. The number of rotatable bonds is 5. The van der Waals surface area contributed by atoms with Crippen molar-refractivity contribution in [3.63, 3.8) is 0 Å². The number of H-pyrrole nitrogens is 1. The highest BCUT2D eigenvalue weighted by Crippen LogP contribution is 2.66. The Morgan fingerprint density at radius 1 is 1.16 bits per heavy atom. The highest BCUT2D eigenvalue weighted by molar-refractivity contribution is 7.86. The third kappa shape index (κ3) is 3.35. The lowest BCUT2D eigenvalue weighted by atomic mass is 9.90. The Kier molecular flexibility index (Phi) is 5.04. The van der Waals surface area contributed by atoms with Crippen LogP contribution in [-0.4, -0.2) is 47.4 Å². The molecule has 0 spiro atoms. The minimum Gasteiger partial charge on any atom is -0.355 e. The van der Waals surface area contributed by atoms with E-state index < -0.39 is 10.2 Å². The van der Waals surface area contributed by atoms with Gasteiger partial charge in [0.05, 0.1) is 11.9 Å². The first-order chi connectivity index (χ1) is 18.3. The monoisotopic (exact) mass is 530 g/mol. The lowest BCUT2D eigenvalue weighted by Crippen LogP contribution is -2.32. The molecular formula is C28H27FN6O2S. The van der Waals surface area contributed by atoms with E-state index in [0.717, 1.165) is 43.9 Å². The number of piperidine rings is 1. The second kappa shape index (κ2) is 8.17. The third-order valence-corrected chi connectivity index (χ3v) is 9.72. The van der Waals surface area contributed by atoms with E-state index in [1.165, 1.54) is 11.8 Å². The summed E-state index contributed by atoms with van der Waals surface area (Å²) in [7, 11) is -4.87. The topological polar surface area (TPSA) is 104 Å². The SMILES string of the molecule is CCC1(C2=NC(C)=CC2)C2CCN(c3cnc4c(-c5ccc(S(=O)(=O)F)c6ccccc56)[nH]nc4n3)CC21. The Bertz CT molecular complexity index is 1800. The van der Waals surface area contributed by atoms with Crippen molar-refractivity contribution in [1.29, 1.82) is 0 Å². The van der Waals surface area contributed by atoms with Crippen molar-refractivity contribution in [2.75, 3.05) is 18.0 Å². The summed E-state index contributed by atoms with van der Waals surface area (Å²) in [5.41, 5.74) is 5.07. The van der Waals surface area contributed by atoms with E-state index >= 15 is 0 Å². The van der Waals surface area contributed by atoms with Crippen LogP contribution in [0.4, 0.5) is 9.70 Å². The maximum atomic E-state index is 13.9. The summed E-state index contributed by atoms with van der Waals surface area (Å²) < 4.78 is 37.3. The molecule has 2 aromatic heterocycles. The maximum absolute atomic E-state index is 13.9. The molecule has 1 saturated carbocycles. The minimum absolute atomic E-state index is 0.209. The summed E-state index contributed by atoms with van der Waals surface area (Å²) in [6.45, 7) is 6.22. The van der Waals surface area contributed by atoms with Gasteiger partial charge in [-0.2, -0.15) is 13.5 Å². The predicted octanol–water partition coefficient (Wildman–Crippen LogP) is 5.43. The summed E-state index contributed by atoms with van der Waals surface area (Å²) >= 11 is 0. The predicted molar refractivity (Wildman–Crippen MR) is 145 cm³/mol. The van der Waals surface area contributed by atoms with Gasteiger partial charge >= 0.3 is 10.2 Å². The fraction of sp³-hybridized carbons (Fsp3) is 0.357. The Labute approximate surface area is 219 Å². The second-order valence-electron chi connectivity index (χ2n) is 10.5. The molecule has 1 saturated heterocycles. The third-order valence-electron chi connectivity index (χ3n) is 8.84. The Morgan fingerprint density at radius 3 is 2.71 bits per heavy atom. The first-order valence-electron chi connectivity index (χ1n) is 13.0. The zero-order valence-corrected chi connectivity index (χ0v) is 22.0. The number of anilines is 1. The summed E-state index contributed by atoms with van der Waals surface area (Å²) in [5.74, 6) is 2.06. The van der Waals surface area contributed by atoms with Gasteiger partial charge in [-0.15, -0.1) is 3.89 Å². The molecule has 1 N–H and O–H groups in total. The van der Waals surface area contributed by atoms with Crippen LogP contribution in [0.15, 0.2) is 64.3 Å². The van der Waals surface area contributed by atoms with Gasteiger partial charge in [-0.25, -0.2) is 9.97 Å². The van der Waals surface area contributed by atoms with Crippen molar-refractivity contribution in [3.8, 4) is 11.3 Å². The Hall–Kier alpha value is -3.66. The van der Waals surface area contributed by atoms with Gasteiger partial charge in [0.2, 0.25) is 5.65 Å². The lowest BCUT2D eigenvalue weighted by Gasteiger charge is -2.26. The van der Waals surface area contributed by atoms with E-state index in [1.54, 1.807) is 36.5 Å². The van der Waals surface area contributed by atoms with E-state index in [2.05, 4.69) is 35.0 Å². The van der Waals surface area contributed by atoms with Crippen molar-refractivity contribution < 1.29 is 12.3 Å². The molecule has 194 valence electrons. The van der Waals surface area contributed by atoms with Gasteiger partial charge in [0, 0.05) is 47.3 Å². The summed E-state index contributed by atoms with van der Waals surface area (Å²) in [4.78, 5) is 16.4. The van der Waals surface area contributed by atoms with Gasteiger partial charge in [0.25, 0.3) is 0 Å². The van der Waals surface area contributed by atoms with Crippen LogP contribution in [0.5, 0.6) is 0 Å². The van der Waals surface area contributed by atoms with E-state index in [0.29, 0.717) is 45.0 Å². The molecule has 38 heavy (non-hydrogen) atoms. The molecule has 2 aromatic carbocycles. The van der Waals surface area contributed by atoms with Crippen LogP contribution < -0.4 is 4.90 Å². The molecule has 2 fully saturated rings. The number of aromatic amines is 1. The highest BCUT2D eigenvalue weighted by Gasteiger charge is 2.66. The lowest BCUT2D eigenvalue weighted by molar-refractivity contribution is 0.543. The summed E-state index contributed by atoms with van der Waals surface area (Å²) in [6.07, 6.45) is 7.22. The van der Waals surface area contributed by atoms with E-state index in [-0.39, 0.29) is 10.3 Å². The zero-order chi connectivity index (χ0) is 26.2. The van der Waals surface area contributed by atoms with Gasteiger partial charge < -0.3 is 4.90 Å². The molecule has 1 aliphatic carbocycles. The number of aromatic nitrogens is 4. The van der Waals surface area contributed by atoms with E-state index in [1.807, 2.05) is 0 Å². The molecule has 4 aromatic rings. The van der Waals surface area contributed by atoms with Crippen LogP contribution in [0.25, 0.3) is 33.2 Å². The number of nitrogens with one attached hydrogen (secondary N) is 1. The second-order valence-corrected chi connectivity index (χ2v) is 11.9. The van der Waals surface area contributed by atoms with Gasteiger partial charge in [-0.1, -0.05) is 43.3 Å². The Morgan fingerprint density at radius 2 is 1.97 bits per heavy atom. The number of aliphatic imine (C=N–C) groups is 1. The van der Waals surface area contributed by atoms with Gasteiger partial charge in [0.15, 0.2) is 0 Å². The van der Waals surface area contributed by atoms with Crippen LogP contribution in [0, 0.1) is 17.3 Å². The average Bonchev–Trinajstić information content (AvgIpc) is 3.16. The zero-order valence-electron chi connectivity index (χ0n) is 21.1. The smallest absolute Gasteiger partial charge is 0.332 e. The Balaban J connectivity index is 1.21. The van der Waals surface area contributed by atoms with Crippen LogP contribution in [-0.2, 0) is 10.2 Å². The van der Waals surface area contributed by atoms with Crippen molar-refractivity contribution in [2.24, 2.45) is 22.2 Å². The molecule has 2 aliphatic heterocycles. The van der Waals surface area contributed by atoms with Gasteiger partial charge in [-0.05, 0) is 43.1 Å². The molecule has 10 heteroatoms. The molecule has 4 heterocycles. The summed E-state index contributed by atoms with van der Waals surface area (Å²) in [5, 5.41) is 8.36. The molecule has 0 bridgehead atoms. The van der Waals surface area contributed by atoms with Crippen molar-refractivity contribution in [2.45, 2.75) is 38.0 Å². The first-order valence-corrected chi connectivity index (χ1v) is 14.4. The molecular weight excluding hydrogens is 503 g/mol. The van der Waals surface area contributed by atoms with Crippen LogP contribution in [0.1, 0.15) is 33.1 Å². The largest absolute Gasteiger partial charge is 0.355 e. The highest BCUT2D eigenvalue weighted by atomic mass is 32.3. The number of nitrogens with zero attached hydrogens (tertiary/aromatic N) is 5. The van der Waals surface area contributed by atoms with Gasteiger partial charge in [-0.3, -0.25) is 10.1 Å². The quantitative estimate of drug-likeness (QED) is 0.345. The molecule has 3 atom stereocenters. The fourth-order valence-electron chi connectivity index (χ4n) is 7.01. The van der Waals surface area contributed by atoms with Crippen molar-refractivity contribution >= 4 is 43.7 Å². The molecule has 3 aliphatic rings. The summed E-state index contributed by atoms with van der Waals surface area (Å²) in [6, 6.07) is 9.70. The van der Waals surface area contributed by atoms with Crippen LogP contribution in [0.3, 0.4) is 0 Å². The number of fused-ring (bicyclic) bond motifs is 3. The fourth-order valence-corrected chi connectivity index (χ4v) is 7.68. The maximum Gasteiger partial charge on any atom is 0.332 e. The number of allylic oxidation sites excluding steroid dienone is 2. The minimum atomic E-state index is -4.87. The number of hydrogen-bond donors (Lipinski definition) is 1. The van der Waals surface area contributed by atoms with Crippen LogP contribution in [0.2, 0.25) is 0 Å². The first kappa shape index (κ1) is 23.5. The van der Waals surface area contributed by atoms with Gasteiger partial charge in [0.1, 0.15) is 16.2 Å².